The quantitative estimate of drug-likeness (QED) is 0.635. The molecule has 1 aliphatic heterocycles. The third kappa shape index (κ3) is 3.07. The van der Waals surface area contributed by atoms with Crippen LogP contribution in [0.2, 0.25) is 0 Å². The van der Waals surface area contributed by atoms with Gasteiger partial charge in [-0.15, -0.1) is 0 Å². The minimum atomic E-state index is -0.216. The van der Waals surface area contributed by atoms with Crippen LogP contribution in [0.5, 0.6) is 0 Å². The van der Waals surface area contributed by atoms with Gasteiger partial charge in [0, 0.05) is 18.5 Å². The van der Waals surface area contributed by atoms with Crippen LogP contribution >= 0.6 is 0 Å². The van der Waals surface area contributed by atoms with Crippen LogP contribution in [-0.4, -0.2) is 41.9 Å². The number of hydrogen-bond donors (Lipinski definition) is 0. The lowest BCUT2D eigenvalue weighted by Gasteiger charge is -2.56. The second-order valence-corrected chi connectivity index (χ2v) is 9.91. The molecule has 3 nitrogen and oxygen atoms in total. The van der Waals surface area contributed by atoms with Crippen LogP contribution in [-0.2, 0) is 16.8 Å². The van der Waals surface area contributed by atoms with Gasteiger partial charge < -0.3 is 4.90 Å². The molecular formula is C28H33FN2O. The van der Waals surface area contributed by atoms with Crippen molar-refractivity contribution in [3.8, 4) is 0 Å². The maximum atomic E-state index is 14.2. The van der Waals surface area contributed by atoms with E-state index in [-0.39, 0.29) is 22.8 Å². The Labute approximate surface area is 190 Å². The van der Waals surface area contributed by atoms with E-state index in [1.807, 2.05) is 13.0 Å². The highest BCUT2D eigenvalue weighted by Gasteiger charge is 2.53. The molecule has 0 saturated heterocycles. The highest BCUT2D eigenvalue weighted by Crippen LogP contribution is 2.55. The first kappa shape index (κ1) is 21.4. The summed E-state index contributed by atoms with van der Waals surface area (Å²) in [6.45, 7) is 2.78. The van der Waals surface area contributed by atoms with Crippen LogP contribution in [0.1, 0.15) is 62.1 Å². The molecule has 1 spiro atoms. The van der Waals surface area contributed by atoms with Gasteiger partial charge in [-0.2, -0.15) is 0 Å². The molecule has 2 aromatic rings. The third-order valence-electron chi connectivity index (χ3n) is 8.46. The van der Waals surface area contributed by atoms with E-state index < -0.39 is 0 Å². The SMILES string of the molecule is CCC(=O)N1CCC2=C(Cc3ccccc32)C12CCC(c1cccc(F)c1)(N(C)C)CC2. The summed E-state index contributed by atoms with van der Waals surface area (Å²) in [6.07, 6.45) is 6.09. The Morgan fingerprint density at radius 2 is 1.81 bits per heavy atom. The molecule has 2 aromatic carbocycles. The van der Waals surface area contributed by atoms with Gasteiger partial charge in [0.1, 0.15) is 5.82 Å². The predicted octanol–water partition coefficient (Wildman–Crippen LogP) is 5.55. The molecule has 1 heterocycles. The molecule has 0 aromatic heterocycles. The molecule has 1 amide bonds. The minimum absolute atomic E-state index is 0.180. The van der Waals surface area contributed by atoms with Gasteiger partial charge in [0.2, 0.25) is 5.91 Å². The number of amides is 1. The number of halogens is 1. The van der Waals surface area contributed by atoms with Crippen molar-refractivity contribution in [3.63, 3.8) is 0 Å². The molecule has 168 valence electrons. The van der Waals surface area contributed by atoms with Crippen molar-refractivity contribution in [2.75, 3.05) is 20.6 Å². The molecule has 0 unspecified atom stereocenters. The normalized spacial score (nSPS) is 27.1. The topological polar surface area (TPSA) is 23.6 Å². The molecule has 0 N–H and O–H groups in total. The fourth-order valence-corrected chi connectivity index (χ4v) is 6.74. The molecular weight excluding hydrogens is 399 g/mol. The smallest absolute Gasteiger partial charge is 0.223 e. The van der Waals surface area contributed by atoms with Gasteiger partial charge >= 0.3 is 0 Å². The molecule has 2 aliphatic carbocycles. The summed E-state index contributed by atoms with van der Waals surface area (Å²) in [6, 6.07) is 15.9. The van der Waals surface area contributed by atoms with Gasteiger partial charge in [0.05, 0.1) is 5.54 Å². The lowest BCUT2D eigenvalue weighted by Crippen LogP contribution is -2.60. The van der Waals surface area contributed by atoms with Crippen LogP contribution in [0.3, 0.4) is 0 Å². The van der Waals surface area contributed by atoms with Crippen molar-refractivity contribution in [1.29, 1.82) is 0 Å². The second kappa shape index (κ2) is 7.84. The van der Waals surface area contributed by atoms with E-state index >= 15 is 0 Å². The summed E-state index contributed by atoms with van der Waals surface area (Å²) >= 11 is 0. The van der Waals surface area contributed by atoms with Gasteiger partial charge in [-0.05, 0) is 92.6 Å². The molecule has 0 radical (unpaired) electrons. The van der Waals surface area contributed by atoms with E-state index in [0.29, 0.717) is 6.42 Å². The Morgan fingerprint density at radius 1 is 1.06 bits per heavy atom. The number of rotatable bonds is 3. The summed E-state index contributed by atoms with van der Waals surface area (Å²) in [5, 5.41) is 0. The Morgan fingerprint density at radius 3 is 2.50 bits per heavy atom. The molecule has 0 atom stereocenters. The average Bonchev–Trinajstić information content (AvgIpc) is 3.19. The zero-order chi connectivity index (χ0) is 22.5. The van der Waals surface area contributed by atoms with E-state index in [9.17, 15) is 9.18 Å². The van der Waals surface area contributed by atoms with Crippen LogP contribution in [0.4, 0.5) is 4.39 Å². The number of fused-ring (bicyclic) bond motifs is 3. The van der Waals surface area contributed by atoms with Crippen LogP contribution < -0.4 is 0 Å². The van der Waals surface area contributed by atoms with Crippen LogP contribution in [0.25, 0.3) is 5.57 Å². The van der Waals surface area contributed by atoms with Gasteiger partial charge in [-0.25, -0.2) is 4.39 Å². The summed E-state index contributed by atoms with van der Waals surface area (Å²) in [7, 11) is 4.21. The fraction of sp³-hybridized carbons (Fsp3) is 0.464. The zero-order valence-electron chi connectivity index (χ0n) is 19.5. The first-order chi connectivity index (χ1) is 15.4. The standard InChI is InChI=1S/C28H33FN2O/c1-4-26(32)31-17-12-24-23-11-6-5-8-20(23)18-25(24)28(31)15-13-27(14-16-28,30(2)3)21-9-7-10-22(29)19-21/h5-11,19H,4,12-18H2,1-3H3. The molecule has 4 heteroatoms. The molecule has 0 bridgehead atoms. The third-order valence-corrected chi connectivity index (χ3v) is 8.46. The van der Waals surface area contributed by atoms with E-state index in [4.69, 9.17) is 0 Å². The number of benzene rings is 2. The monoisotopic (exact) mass is 432 g/mol. The lowest BCUT2D eigenvalue weighted by atomic mass is 9.63. The average molecular weight is 433 g/mol. The van der Waals surface area contributed by atoms with Crippen molar-refractivity contribution < 1.29 is 9.18 Å². The van der Waals surface area contributed by atoms with Gasteiger partial charge in [0.25, 0.3) is 0 Å². The molecule has 3 aliphatic rings. The highest BCUT2D eigenvalue weighted by molar-refractivity contribution is 5.84. The van der Waals surface area contributed by atoms with E-state index in [0.717, 1.165) is 50.6 Å². The molecule has 1 fully saturated rings. The van der Waals surface area contributed by atoms with Crippen molar-refractivity contribution in [2.45, 2.75) is 62.9 Å². The van der Waals surface area contributed by atoms with Crippen molar-refractivity contribution >= 4 is 11.5 Å². The largest absolute Gasteiger partial charge is 0.333 e. The molecule has 5 rings (SSSR count). The highest BCUT2D eigenvalue weighted by atomic mass is 19.1. The van der Waals surface area contributed by atoms with Crippen molar-refractivity contribution in [3.05, 3.63) is 76.6 Å². The predicted molar refractivity (Wildman–Crippen MR) is 127 cm³/mol. The second-order valence-electron chi connectivity index (χ2n) is 9.91. The van der Waals surface area contributed by atoms with Crippen LogP contribution in [0.15, 0.2) is 54.1 Å². The Bertz CT molecular complexity index is 1080. The minimum Gasteiger partial charge on any atom is -0.333 e. The summed E-state index contributed by atoms with van der Waals surface area (Å²) < 4.78 is 14.2. The first-order valence-corrected chi connectivity index (χ1v) is 12.0. The van der Waals surface area contributed by atoms with Gasteiger partial charge in [0.15, 0.2) is 0 Å². The fourth-order valence-electron chi connectivity index (χ4n) is 6.74. The Hall–Kier alpha value is -2.46. The number of carbonyl (C=O) groups is 1. The van der Waals surface area contributed by atoms with Crippen molar-refractivity contribution in [1.82, 2.24) is 9.80 Å². The first-order valence-electron chi connectivity index (χ1n) is 12.0. The lowest BCUT2D eigenvalue weighted by molar-refractivity contribution is -0.139. The summed E-state index contributed by atoms with van der Waals surface area (Å²) in [4.78, 5) is 17.6. The Balaban J connectivity index is 1.57. The maximum absolute atomic E-state index is 14.2. The number of carbonyl (C=O) groups excluding carboxylic acids is 1. The van der Waals surface area contributed by atoms with E-state index in [1.165, 1.54) is 28.3 Å². The zero-order valence-corrected chi connectivity index (χ0v) is 19.5. The van der Waals surface area contributed by atoms with E-state index in [1.54, 1.807) is 6.07 Å². The maximum Gasteiger partial charge on any atom is 0.223 e. The van der Waals surface area contributed by atoms with Crippen molar-refractivity contribution in [2.24, 2.45) is 0 Å². The van der Waals surface area contributed by atoms with Gasteiger partial charge in [-0.1, -0.05) is 43.3 Å². The molecule has 1 saturated carbocycles. The molecule has 32 heavy (non-hydrogen) atoms. The number of nitrogens with zero attached hydrogens (tertiary/aromatic N) is 2. The Kier molecular flexibility index (Phi) is 5.24. The van der Waals surface area contributed by atoms with E-state index in [2.05, 4.69) is 54.2 Å². The van der Waals surface area contributed by atoms with Crippen LogP contribution in [0, 0.1) is 5.82 Å². The summed E-state index contributed by atoms with van der Waals surface area (Å²) in [5.41, 5.74) is 6.36. The van der Waals surface area contributed by atoms with Gasteiger partial charge in [-0.3, -0.25) is 9.69 Å². The summed E-state index contributed by atoms with van der Waals surface area (Å²) in [5.74, 6) is 0.0799. The number of hydrogen-bond acceptors (Lipinski definition) is 2.